The molecule has 1 aromatic heterocycles. The van der Waals surface area contributed by atoms with Gasteiger partial charge in [0.1, 0.15) is 5.76 Å². The van der Waals surface area contributed by atoms with Gasteiger partial charge in [-0.3, -0.25) is 4.79 Å². The highest BCUT2D eigenvalue weighted by Crippen LogP contribution is 2.05. The van der Waals surface area contributed by atoms with Gasteiger partial charge in [-0.05, 0) is 31.9 Å². The maximum Gasteiger partial charge on any atom is 0.307 e. The largest absolute Gasteiger partial charge is 0.456 e. The topological polar surface area (TPSA) is 54.6 Å². The molecule has 0 atom stereocenters. The van der Waals surface area contributed by atoms with Gasteiger partial charge in [-0.15, -0.1) is 0 Å². The van der Waals surface area contributed by atoms with Gasteiger partial charge in [0.15, 0.2) is 5.76 Å². The van der Waals surface area contributed by atoms with Crippen LogP contribution in [0.3, 0.4) is 0 Å². The summed E-state index contributed by atoms with van der Waals surface area (Å²) in [4.78, 5) is 11.5. The van der Waals surface area contributed by atoms with Gasteiger partial charge < -0.3 is 4.42 Å². The Labute approximate surface area is 102 Å². The Morgan fingerprint density at radius 3 is 2.88 bits per heavy atom. The number of aryl methyl sites for hydroxylation is 1. The van der Waals surface area contributed by atoms with Gasteiger partial charge in [0, 0.05) is 6.21 Å². The van der Waals surface area contributed by atoms with Crippen molar-refractivity contribution in [2.24, 2.45) is 5.10 Å². The molecule has 1 aromatic rings. The number of hydrogen-bond acceptors (Lipinski definition) is 3. The van der Waals surface area contributed by atoms with E-state index < -0.39 is 0 Å². The molecule has 0 aliphatic heterocycles. The molecule has 94 valence electrons. The second-order valence-corrected chi connectivity index (χ2v) is 4.01. The fourth-order valence-corrected chi connectivity index (χ4v) is 1.44. The molecule has 0 unspecified atom stereocenters. The lowest BCUT2D eigenvalue weighted by Crippen LogP contribution is -2.16. The van der Waals surface area contributed by atoms with Crippen LogP contribution < -0.4 is 5.43 Å². The summed E-state index contributed by atoms with van der Waals surface area (Å²) in [5.74, 6) is 0.715. The van der Waals surface area contributed by atoms with E-state index in [4.69, 9.17) is 4.42 Å². The maximum atomic E-state index is 11.5. The lowest BCUT2D eigenvalue weighted by molar-refractivity contribution is 0.0926. The number of hydrazone groups is 1. The van der Waals surface area contributed by atoms with E-state index in [9.17, 15) is 4.79 Å². The maximum absolute atomic E-state index is 11.5. The third kappa shape index (κ3) is 5.33. The number of hydrogen-bond donors (Lipinski definition) is 1. The van der Waals surface area contributed by atoms with E-state index in [1.807, 2.05) is 0 Å². The second kappa shape index (κ2) is 7.65. The van der Waals surface area contributed by atoms with E-state index in [2.05, 4.69) is 17.5 Å². The van der Waals surface area contributed by atoms with Gasteiger partial charge in [0.05, 0.1) is 0 Å². The molecule has 1 heterocycles. The number of furan rings is 1. The monoisotopic (exact) mass is 236 g/mol. The van der Waals surface area contributed by atoms with E-state index in [1.54, 1.807) is 25.3 Å². The first-order valence-corrected chi connectivity index (χ1v) is 6.12. The zero-order valence-corrected chi connectivity index (χ0v) is 10.5. The molecular formula is C13H20N2O2. The molecule has 1 N–H and O–H groups in total. The van der Waals surface area contributed by atoms with Crippen LogP contribution in [-0.4, -0.2) is 12.1 Å². The number of nitrogens with zero attached hydrogens (tertiary/aromatic N) is 1. The van der Waals surface area contributed by atoms with Crippen LogP contribution in [0.25, 0.3) is 0 Å². The molecule has 4 nitrogen and oxygen atoms in total. The third-order valence-electron chi connectivity index (χ3n) is 2.41. The Balaban J connectivity index is 2.17. The Morgan fingerprint density at radius 1 is 1.41 bits per heavy atom. The molecule has 0 radical (unpaired) electrons. The predicted octanol–water partition coefficient (Wildman–Crippen LogP) is 3.27. The van der Waals surface area contributed by atoms with Gasteiger partial charge in [-0.1, -0.05) is 26.2 Å². The lowest BCUT2D eigenvalue weighted by Gasteiger charge is -1.96. The van der Waals surface area contributed by atoms with Crippen molar-refractivity contribution in [2.45, 2.75) is 46.0 Å². The molecule has 1 amide bonds. The second-order valence-electron chi connectivity index (χ2n) is 4.01. The van der Waals surface area contributed by atoms with Crippen molar-refractivity contribution in [3.05, 3.63) is 23.7 Å². The Morgan fingerprint density at radius 2 is 2.24 bits per heavy atom. The van der Waals surface area contributed by atoms with Crippen LogP contribution >= 0.6 is 0 Å². The molecule has 1 rings (SSSR count). The van der Waals surface area contributed by atoms with Gasteiger partial charge in [-0.2, -0.15) is 5.10 Å². The molecular weight excluding hydrogens is 216 g/mol. The number of carbonyl (C=O) groups is 1. The molecule has 17 heavy (non-hydrogen) atoms. The number of nitrogens with one attached hydrogen (secondary N) is 1. The number of amides is 1. The molecule has 4 heteroatoms. The van der Waals surface area contributed by atoms with Crippen molar-refractivity contribution in [3.8, 4) is 0 Å². The van der Waals surface area contributed by atoms with Crippen LogP contribution in [0.2, 0.25) is 0 Å². The first kappa shape index (κ1) is 13.5. The van der Waals surface area contributed by atoms with Gasteiger partial charge in [0.25, 0.3) is 0 Å². The predicted molar refractivity (Wildman–Crippen MR) is 68.2 cm³/mol. The van der Waals surface area contributed by atoms with Crippen LogP contribution in [0.4, 0.5) is 0 Å². The zero-order chi connectivity index (χ0) is 12.5. The minimum Gasteiger partial charge on any atom is -0.456 e. The van der Waals surface area contributed by atoms with Crippen molar-refractivity contribution in [1.82, 2.24) is 5.43 Å². The van der Waals surface area contributed by atoms with Crippen molar-refractivity contribution in [2.75, 3.05) is 0 Å². The van der Waals surface area contributed by atoms with Gasteiger partial charge in [0.2, 0.25) is 0 Å². The summed E-state index contributed by atoms with van der Waals surface area (Å²) in [6.45, 7) is 3.98. The molecule has 0 bridgehead atoms. The summed E-state index contributed by atoms with van der Waals surface area (Å²) in [7, 11) is 0. The van der Waals surface area contributed by atoms with Crippen LogP contribution in [-0.2, 0) is 0 Å². The fourth-order valence-electron chi connectivity index (χ4n) is 1.44. The van der Waals surface area contributed by atoms with Crippen LogP contribution in [0.5, 0.6) is 0 Å². The van der Waals surface area contributed by atoms with Gasteiger partial charge >= 0.3 is 5.91 Å². The first-order valence-electron chi connectivity index (χ1n) is 6.12. The van der Waals surface area contributed by atoms with E-state index in [-0.39, 0.29) is 5.91 Å². The quantitative estimate of drug-likeness (QED) is 0.448. The Kier molecular flexibility index (Phi) is 6.07. The molecule has 0 fully saturated rings. The molecule has 0 aliphatic rings. The average molecular weight is 236 g/mol. The summed E-state index contributed by atoms with van der Waals surface area (Å²) in [6.07, 6.45) is 7.46. The normalized spacial score (nSPS) is 10.9. The van der Waals surface area contributed by atoms with Crippen molar-refractivity contribution < 1.29 is 9.21 Å². The Bertz CT molecular complexity index is 369. The van der Waals surface area contributed by atoms with Crippen LogP contribution in [0.15, 0.2) is 21.7 Å². The van der Waals surface area contributed by atoms with Gasteiger partial charge in [-0.25, -0.2) is 5.43 Å². The van der Waals surface area contributed by atoms with E-state index >= 15 is 0 Å². The molecule has 0 aliphatic carbocycles. The first-order chi connectivity index (χ1) is 8.24. The smallest absolute Gasteiger partial charge is 0.307 e. The number of unbranched alkanes of at least 4 members (excludes halogenated alkanes) is 4. The third-order valence-corrected chi connectivity index (χ3v) is 2.41. The van der Waals surface area contributed by atoms with E-state index in [1.165, 1.54) is 19.3 Å². The Hall–Kier alpha value is -1.58. The minimum atomic E-state index is -0.303. The highest BCUT2D eigenvalue weighted by atomic mass is 16.3. The standard InChI is InChI=1S/C13H20N2O2/c1-3-4-5-6-7-10-14-15-13(16)12-9-8-11(2)17-12/h8-10H,3-7H2,1-2H3,(H,15,16)/b14-10-. The molecule has 0 saturated carbocycles. The van der Waals surface area contributed by atoms with Crippen molar-refractivity contribution >= 4 is 12.1 Å². The summed E-state index contributed by atoms with van der Waals surface area (Å²) in [5, 5.41) is 3.87. The summed E-state index contributed by atoms with van der Waals surface area (Å²) < 4.78 is 5.17. The summed E-state index contributed by atoms with van der Waals surface area (Å²) >= 11 is 0. The van der Waals surface area contributed by atoms with E-state index in [0.717, 1.165) is 18.6 Å². The molecule has 0 saturated heterocycles. The highest BCUT2D eigenvalue weighted by molar-refractivity contribution is 5.91. The minimum absolute atomic E-state index is 0.297. The van der Waals surface area contributed by atoms with Crippen LogP contribution in [0.1, 0.15) is 55.3 Å². The zero-order valence-electron chi connectivity index (χ0n) is 10.5. The van der Waals surface area contributed by atoms with Crippen LogP contribution in [0, 0.1) is 6.92 Å². The SMILES string of the molecule is CCCCCC/C=N\NC(=O)c1ccc(C)o1. The van der Waals surface area contributed by atoms with Crippen molar-refractivity contribution in [1.29, 1.82) is 0 Å². The molecule has 0 spiro atoms. The highest BCUT2D eigenvalue weighted by Gasteiger charge is 2.07. The lowest BCUT2D eigenvalue weighted by atomic mass is 10.2. The number of rotatable bonds is 7. The fraction of sp³-hybridized carbons (Fsp3) is 0.538. The summed E-state index contributed by atoms with van der Waals surface area (Å²) in [5.41, 5.74) is 2.44. The number of carbonyl (C=O) groups excluding carboxylic acids is 1. The summed E-state index contributed by atoms with van der Waals surface area (Å²) in [6, 6.07) is 3.39. The average Bonchev–Trinajstić information content (AvgIpc) is 2.74. The van der Waals surface area contributed by atoms with E-state index in [0.29, 0.717) is 5.76 Å². The molecule has 0 aromatic carbocycles. The van der Waals surface area contributed by atoms with Crippen molar-refractivity contribution in [3.63, 3.8) is 0 Å².